The number of ether oxygens (including phenoxy) is 2. The molecule has 3 aromatic rings. The number of hydrogen-bond acceptors (Lipinski definition) is 4. The van der Waals surface area contributed by atoms with E-state index in [0.717, 1.165) is 41.9 Å². The molecule has 0 saturated carbocycles. The monoisotopic (exact) mass is 507 g/mol. The zero-order chi connectivity index (χ0) is 26.6. The van der Waals surface area contributed by atoms with Gasteiger partial charge in [0.15, 0.2) is 0 Å². The number of aryl methyl sites for hydroxylation is 1. The fraction of sp³-hybridized carbons (Fsp3) is 0.387. The van der Waals surface area contributed by atoms with Crippen molar-refractivity contribution in [3.8, 4) is 22.6 Å². The number of carbonyl (C=O) groups is 1. The highest BCUT2D eigenvalue weighted by atomic mass is 19.1. The lowest BCUT2D eigenvalue weighted by atomic mass is 9.96. The van der Waals surface area contributed by atoms with Gasteiger partial charge in [0.2, 0.25) is 0 Å². The van der Waals surface area contributed by atoms with Crippen molar-refractivity contribution in [2.75, 3.05) is 20.2 Å². The van der Waals surface area contributed by atoms with Crippen LogP contribution in [0, 0.1) is 5.82 Å². The normalized spacial score (nSPS) is 13.1. The summed E-state index contributed by atoms with van der Waals surface area (Å²) < 4.78 is 26.1. The van der Waals surface area contributed by atoms with Crippen LogP contribution in [0.4, 0.5) is 4.39 Å². The van der Waals surface area contributed by atoms with Gasteiger partial charge < -0.3 is 14.6 Å². The topological polar surface area (TPSA) is 59.0 Å². The second-order valence-corrected chi connectivity index (χ2v) is 9.36. The molecule has 5 nitrogen and oxygen atoms in total. The van der Waals surface area contributed by atoms with E-state index in [0.29, 0.717) is 30.1 Å². The fourth-order valence-electron chi connectivity index (χ4n) is 4.36. The van der Waals surface area contributed by atoms with Gasteiger partial charge >= 0.3 is 5.97 Å². The Morgan fingerprint density at radius 1 is 0.946 bits per heavy atom. The first-order valence-corrected chi connectivity index (χ1v) is 13.0. The van der Waals surface area contributed by atoms with Gasteiger partial charge in [-0.3, -0.25) is 9.69 Å². The summed E-state index contributed by atoms with van der Waals surface area (Å²) in [6.45, 7) is 7.47. The molecule has 0 aromatic heterocycles. The Labute approximate surface area is 219 Å². The molecule has 0 spiro atoms. The molecule has 0 unspecified atom stereocenters. The van der Waals surface area contributed by atoms with Crippen LogP contribution in [0.5, 0.6) is 11.5 Å². The van der Waals surface area contributed by atoms with Crippen LogP contribution in [0.2, 0.25) is 0 Å². The Bertz CT molecular complexity index is 1160. The van der Waals surface area contributed by atoms with Crippen molar-refractivity contribution in [2.24, 2.45) is 0 Å². The van der Waals surface area contributed by atoms with Crippen LogP contribution in [0.1, 0.15) is 56.2 Å². The van der Waals surface area contributed by atoms with Gasteiger partial charge in [-0.05, 0) is 84.9 Å². The van der Waals surface area contributed by atoms with Crippen molar-refractivity contribution in [1.82, 2.24) is 4.90 Å². The van der Waals surface area contributed by atoms with Crippen molar-refractivity contribution in [3.63, 3.8) is 0 Å². The number of carboxylic acids is 1. The molecule has 1 N–H and O–H groups in total. The molecular weight excluding hydrogens is 469 g/mol. The summed E-state index contributed by atoms with van der Waals surface area (Å²) in [6, 6.07) is 18.4. The molecule has 4 rings (SSSR count). The van der Waals surface area contributed by atoms with E-state index in [1.807, 2.05) is 36.4 Å². The number of likely N-dealkylation sites (tertiary alicyclic amines) is 1. The van der Waals surface area contributed by atoms with Crippen LogP contribution >= 0.6 is 0 Å². The number of carboxylic acid groups (broad SMARTS) is 1. The van der Waals surface area contributed by atoms with E-state index in [2.05, 4.69) is 24.8 Å². The maximum Gasteiger partial charge on any atom is 0.303 e. The summed E-state index contributed by atoms with van der Waals surface area (Å²) in [5.74, 6) is 0.237. The molecule has 0 bridgehead atoms. The van der Waals surface area contributed by atoms with Gasteiger partial charge in [0.1, 0.15) is 23.9 Å². The molecule has 3 aromatic carbocycles. The minimum atomic E-state index is -0.815. The minimum absolute atomic E-state index is 0.0889. The van der Waals surface area contributed by atoms with Crippen molar-refractivity contribution in [2.45, 2.75) is 59.1 Å². The quantitative estimate of drug-likeness (QED) is 0.317. The average Bonchev–Trinajstić information content (AvgIpc) is 3.41. The molecule has 0 aliphatic carbocycles. The standard InChI is InChI=1S/C28H30FNO4.C3H8/c1-33-23-9-11-27(29)26(17-23)25-10-7-21(15-22(25)18-30-13-2-3-14-30)19-34-24-6-4-5-20(16-24)8-12-28(31)32;1-3-2/h4-7,9-11,15-17H,2-3,8,12-14,18-19H2,1H3,(H,31,32);3H2,1-2H3. The number of rotatable bonds is 10. The molecule has 0 amide bonds. The van der Waals surface area contributed by atoms with Crippen LogP contribution in [0.15, 0.2) is 60.7 Å². The number of methoxy groups -OCH3 is 1. The smallest absolute Gasteiger partial charge is 0.303 e. The molecule has 1 aliphatic rings. The summed E-state index contributed by atoms with van der Waals surface area (Å²) in [6.07, 6.45) is 4.17. The second kappa shape index (κ2) is 14.4. The van der Waals surface area contributed by atoms with Gasteiger partial charge in [-0.25, -0.2) is 4.39 Å². The molecule has 1 aliphatic heterocycles. The van der Waals surface area contributed by atoms with Crippen LogP contribution in [-0.2, 0) is 24.4 Å². The van der Waals surface area contributed by atoms with Crippen molar-refractivity contribution >= 4 is 5.97 Å². The number of benzene rings is 3. The predicted molar refractivity (Wildman–Crippen MR) is 146 cm³/mol. The van der Waals surface area contributed by atoms with E-state index in [4.69, 9.17) is 14.6 Å². The first kappa shape index (κ1) is 28.2. The molecule has 0 atom stereocenters. The molecule has 1 heterocycles. The van der Waals surface area contributed by atoms with Gasteiger partial charge in [-0.1, -0.05) is 50.6 Å². The molecular formula is C31H38FNO4. The zero-order valence-corrected chi connectivity index (χ0v) is 22.1. The van der Waals surface area contributed by atoms with Crippen molar-refractivity contribution < 1.29 is 23.8 Å². The Kier molecular flexibility index (Phi) is 11.0. The highest BCUT2D eigenvalue weighted by Gasteiger charge is 2.17. The van der Waals surface area contributed by atoms with E-state index in [1.54, 1.807) is 19.2 Å². The maximum atomic E-state index is 14.8. The summed E-state index contributed by atoms with van der Waals surface area (Å²) in [7, 11) is 1.58. The SMILES string of the molecule is CCC.COc1ccc(F)c(-c2ccc(COc3cccc(CCC(=O)O)c3)cc2CN2CCCC2)c1. The van der Waals surface area contributed by atoms with E-state index in [-0.39, 0.29) is 12.2 Å². The zero-order valence-electron chi connectivity index (χ0n) is 22.1. The third kappa shape index (κ3) is 8.60. The Morgan fingerprint density at radius 2 is 1.70 bits per heavy atom. The van der Waals surface area contributed by atoms with Gasteiger partial charge in [0, 0.05) is 18.5 Å². The summed E-state index contributed by atoms with van der Waals surface area (Å²) in [5.41, 5.74) is 4.39. The average molecular weight is 508 g/mol. The highest BCUT2D eigenvalue weighted by molar-refractivity contribution is 5.70. The number of halogens is 1. The van der Waals surface area contributed by atoms with Crippen LogP contribution < -0.4 is 9.47 Å². The van der Waals surface area contributed by atoms with Gasteiger partial charge in [0.05, 0.1) is 7.11 Å². The van der Waals surface area contributed by atoms with Crippen LogP contribution in [-0.4, -0.2) is 36.2 Å². The van der Waals surface area contributed by atoms with E-state index < -0.39 is 5.97 Å². The lowest BCUT2D eigenvalue weighted by molar-refractivity contribution is -0.136. The molecule has 37 heavy (non-hydrogen) atoms. The summed E-state index contributed by atoms with van der Waals surface area (Å²) in [5, 5.41) is 8.91. The van der Waals surface area contributed by atoms with Crippen LogP contribution in [0.3, 0.4) is 0 Å². The third-order valence-corrected chi connectivity index (χ3v) is 6.16. The number of aliphatic carboxylic acids is 1. The van der Waals surface area contributed by atoms with Gasteiger partial charge in [0.25, 0.3) is 0 Å². The number of nitrogens with zero attached hydrogens (tertiary/aromatic N) is 1. The predicted octanol–water partition coefficient (Wildman–Crippen LogP) is 7.11. The molecule has 0 radical (unpaired) electrons. The van der Waals surface area contributed by atoms with Crippen molar-refractivity contribution in [1.29, 1.82) is 0 Å². The lowest BCUT2D eigenvalue weighted by Gasteiger charge is -2.19. The molecule has 1 saturated heterocycles. The van der Waals surface area contributed by atoms with Crippen molar-refractivity contribution in [3.05, 3.63) is 83.2 Å². The Balaban J connectivity index is 0.00000121. The third-order valence-electron chi connectivity index (χ3n) is 6.16. The molecule has 198 valence electrons. The van der Waals surface area contributed by atoms with Crippen LogP contribution in [0.25, 0.3) is 11.1 Å². The van der Waals surface area contributed by atoms with E-state index in [9.17, 15) is 9.18 Å². The maximum absolute atomic E-state index is 14.8. The first-order chi connectivity index (χ1) is 17.9. The highest BCUT2D eigenvalue weighted by Crippen LogP contribution is 2.32. The fourth-order valence-corrected chi connectivity index (χ4v) is 4.36. The van der Waals surface area contributed by atoms with Gasteiger partial charge in [-0.15, -0.1) is 0 Å². The molecule has 1 fully saturated rings. The second-order valence-electron chi connectivity index (χ2n) is 9.36. The Hall–Kier alpha value is -3.38. The summed E-state index contributed by atoms with van der Waals surface area (Å²) in [4.78, 5) is 13.2. The number of hydrogen-bond donors (Lipinski definition) is 1. The molecule has 6 heteroatoms. The van der Waals surface area contributed by atoms with Gasteiger partial charge in [-0.2, -0.15) is 0 Å². The minimum Gasteiger partial charge on any atom is -0.497 e. The summed E-state index contributed by atoms with van der Waals surface area (Å²) >= 11 is 0. The lowest BCUT2D eigenvalue weighted by Crippen LogP contribution is -2.19. The largest absolute Gasteiger partial charge is 0.497 e. The van der Waals surface area contributed by atoms with E-state index >= 15 is 0 Å². The van der Waals surface area contributed by atoms with E-state index in [1.165, 1.54) is 25.3 Å². The Morgan fingerprint density at radius 3 is 2.41 bits per heavy atom. The first-order valence-electron chi connectivity index (χ1n) is 13.0.